The number of pyridine rings is 1. The fourth-order valence-electron chi connectivity index (χ4n) is 2.39. The summed E-state index contributed by atoms with van der Waals surface area (Å²) >= 11 is 12.1. The van der Waals surface area contributed by atoms with Gasteiger partial charge in [0.2, 0.25) is 0 Å². The van der Waals surface area contributed by atoms with Gasteiger partial charge >= 0.3 is 6.09 Å². The van der Waals surface area contributed by atoms with Crippen LogP contribution in [0.1, 0.15) is 19.8 Å². The van der Waals surface area contributed by atoms with Crippen molar-refractivity contribution >= 4 is 45.9 Å². The highest BCUT2D eigenvalue weighted by atomic mass is 35.5. The van der Waals surface area contributed by atoms with Gasteiger partial charge in [0.05, 0.1) is 22.0 Å². The number of fused-ring (bicyclic) bond motifs is 1. The van der Waals surface area contributed by atoms with Crippen molar-refractivity contribution in [2.75, 3.05) is 18.6 Å². The summed E-state index contributed by atoms with van der Waals surface area (Å²) in [6.07, 6.45) is 0.507. The molecule has 2 aromatic rings. The topological polar surface area (TPSA) is 71.8 Å². The van der Waals surface area contributed by atoms with Crippen molar-refractivity contribution in [3.05, 3.63) is 32.5 Å². The Morgan fingerprint density at radius 3 is 2.42 bits per heavy atom. The van der Waals surface area contributed by atoms with Crippen LogP contribution in [0.15, 0.2) is 16.9 Å². The number of hydrogen-bond donors (Lipinski definition) is 1. The Labute approximate surface area is 149 Å². The Morgan fingerprint density at radius 1 is 1.29 bits per heavy atom. The van der Waals surface area contributed by atoms with E-state index in [1.807, 2.05) is 6.92 Å². The minimum absolute atomic E-state index is 0.148. The second-order valence-electron chi connectivity index (χ2n) is 5.37. The molecule has 1 heterocycles. The summed E-state index contributed by atoms with van der Waals surface area (Å²) in [7, 11) is 2.85. The van der Waals surface area contributed by atoms with Crippen molar-refractivity contribution in [1.82, 2.24) is 4.57 Å². The van der Waals surface area contributed by atoms with Crippen LogP contribution in [-0.4, -0.2) is 29.4 Å². The fourth-order valence-corrected chi connectivity index (χ4v) is 2.72. The molecule has 0 aliphatic rings. The Hall–Kier alpha value is -1.92. The van der Waals surface area contributed by atoms with Crippen LogP contribution in [0.3, 0.4) is 0 Å². The lowest BCUT2D eigenvalue weighted by Gasteiger charge is -2.22. The van der Waals surface area contributed by atoms with Crippen LogP contribution in [0.25, 0.3) is 10.8 Å². The lowest BCUT2D eigenvalue weighted by atomic mass is 10.1. The molecule has 1 aromatic heterocycles. The summed E-state index contributed by atoms with van der Waals surface area (Å²) in [5, 5.41) is 10.6. The Bertz CT molecular complexity index is 848. The number of ether oxygens (including phenoxy) is 1. The highest BCUT2D eigenvalue weighted by Crippen LogP contribution is 2.37. The Balaban J connectivity index is 2.84. The SMILES string of the molecule is CCCCOc1c(N(C)C(=O)O)n(C)c(=O)c2cc(Cl)c(Cl)cc12. The molecule has 0 radical (unpaired) electrons. The van der Waals surface area contributed by atoms with Crippen molar-refractivity contribution in [3.8, 4) is 5.75 Å². The average Bonchev–Trinajstić information content (AvgIpc) is 2.53. The van der Waals surface area contributed by atoms with Gasteiger partial charge in [-0.15, -0.1) is 0 Å². The van der Waals surface area contributed by atoms with Gasteiger partial charge < -0.3 is 9.84 Å². The number of hydrogen-bond acceptors (Lipinski definition) is 3. The molecule has 0 aliphatic heterocycles. The normalized spacial score (nSPS) is 10.9. The van der Waals surface area contributed by atoms with E-state index in [1.165, 1.54) is 30.8 Å². The number of halogens is 2. The summed E-state index contributed by atoms with van der Waals surface area (Å²) in [5.74, 6) is 0.443. The first-order valence-electron chi connectivity index (χ1n) is 7.40. The standard InChI is InChI=1S/C16H18Cl2N2O4/c1-4-5-6-24-13-9-7-11(17)12(18)8-10(9)15(21)19(2)14(13)20(3)16(22)23/h7-8H,4-6H2,1-3H3,(H,22,23). The zero-order chi connectivity index (χ0) is 18.0. The number of amides is 1. The van der Waals surface area contributed by atoms with E-state index in [1.54, 1.807) is 0 Å². The monoisotopic (exact) mass is 372 g/mol. The van der Waals surface area contributed by atoms with E-state index in [9.17, 15) is 14.7 Å². The van der Waals surface area contributed by atoms with E-state index in [-0.39, 0.29) is 21.4 Å². The van der Waals surface area contributed by atoms with Crippen LogP contribution < -0.4 is 15.2 Å². The van der Waals surface area contributed by atoms with Gasteiger partial charge in [-0.1, -0.05) is 36.5 Å². The van der Waals surface area contributed by atoms with Crippen LogP contribution in [0.4, 0.5) is 10.6 Å². The van der Waals surface area contributed by atoms with Crippen LogP contribution in [0, 0.1) is 0 Å². The van der Waals surface area contributed by atoms with Crippen LogP contribution in [-0.2, 0) is 7.05 Å². The fraction of sp³-hybridized carbons (Fsp3) is 0.375. The highest BCUT2D eigenvalue weighted by molar-refractivity contribution is 6.42. The van der Waals surface area contributed by atoms with Gasteiger partial charge in [-0.2, -0.15) is 0 Å². The molecule has 0 saturated carbocycles. The molecule has 0 spiro atoms. The van der Waals surface area contributed by atoms with Crippen molar-refractivity contribution in [3.63, 3.8) is 0 Å². The third-order valence-electron chi connectivity index (χ3n) is 3.71. The molecule has 0 saturated heterocycles. The van der Waals surface area contributed by atoms with Gasteiger partial charge in [0, 0.05) is 19.5 Å². The highest BCUT2D eigenvalue weighted by Gasteiger charge is 2.23. The predicted molar refractivity (Wildman–Crippen MR) is 96.0 cm³/mol. The molecule has 6 nitrogen and oxygen atoms in total. The number of unbranched alkanes of at least 4 members (excludes halogenated alkanes) is 1. The number of anilines is 1. The maximum Gasteiger partial charge on any atom is 0.412 e. The smallest absolute Gasteiger partial charge is 0.412 e. The molecule has 0 fully saturated rings. The van der Waals surface area contributed by atoms with Gasteiger partial charge in [0.25, 0.3) is 5.56 Å². The molecular weight excluding hydrogens is 355 g/mol. The lowest BCUT2D eigenvalue weighted by Crippen LogP contribution is -2.32. The van der Waals surface area contributed by atoms with Crippen molar-refractivity contribution in [2.24, 2.45) is 7.05 Å². The van der Waals surface area contributed by atoms with Gasteiger partial charge in [-0.25, -0.2) is 4.79 Å². The van der Waals surface area contributed by atoms with E-state index in [2.05, 4.69) is 0 Å². The number of nitrogens with zero attached hydrogens (tertiary/aromatic N) is 2. The summed E-state index contributed by atoms with van der Waals surface area (Å²) in [6, 6.07) is 3.00. The first-order valence-corrected chi connectivity index (χ1v) is 8.16. The average molecular weight is 373 g/mol. The van der Waals surface area contributed by atoms with Crippen LogP contribution >= 0.6 is 23.2 Å². The molecule has 0 bridgehead atoms. The van der Waals surface area contributed by atoms with E-state index < -0.39 is 6.09 Å². The molecule has 0 atom stereocenters. The number of carboxylic acid groups (broad SMARTS) is 1. The quantitative estimate of drug-likeness (QED) is 0.800. The Morgan fingerprint density at radius 2 is 1.88 bits per heavy atom. The lowest BCUT2D eigenvalue weighted by molar-refractivity contribution is 0.202. The second kappa shape index (κ2) is 7.32. The van der Waals surface area contributed by atoms with Crippen LogP contribution in [0.2, 0.25) is 10.0 Å². The number of benzene rings is 1. The maximum absolute atomic E-state index is 12.6. The molecule has 0 aliphatic carbocycles. The summed E-state index contributed by atoms with van der Waals surface area (Å²) in [6.45, 7) is 2.41. The molecular formula is C16H18Cl2N2O4. The van der Waals surface area contributed by atoms with E-state index in [4.69, 9.17) is 27.9 Å². The number of rotatable bonds is 5. The minimum Gasteiger partial charge on any atom is -0.489 e. The molecule has 1 amide bonds. The summed E-state index contributed by atoms with van der Waals surface area (Å²) in [4.78, 5) is 25.0. The third kappa shape index (κ3) is 3.30. The van der Waals surface area contributed by atoms with Gasteiger partial charge in [0.1, 0.15) is 0 Å². The molecule has 1 N–H and O–H groups in total. The Kier molecular flexibility index (Phi) is 5.62. The zero-order valence-electron chi connectivity index (χ0n) is 13.6. The van der Waals surface area contributed by atoms with Crippen molar-refractivity contribution < 1.29 is 14.6 Å². The van der Waals surface area contributed by atoms with Gasteiger partial charge in [0.15, 0.2) is 11.6 Å². The van der Waals surface area contributed by atoms with Gasteiger partial charge in [-0.3, -0.25) is 14.3 Å². The molecule has 8 heteroatoms. The van der Waals surface area contributed by atoms with Crippen molar-refractivity contribution in [2.45, 2.75) is 19.8 Å². The molecule has 130 valence electrons. The van der Waals surface area contributed by atoms with Crippen molar-refractivity contribution in [1.29, 1.82) is 0 Å². The zero-order valence-corrected chi connectivity index (χ0v) is 15.1. The molecule has 2 rings (SSSR count). The second-order valence-corrected chi connectivity index (χ2v) is 6.19. The number of aromatic nitrogens is 1. The predicted octanol–water partition coefficient (Wildman–Crippen LogP) is 4.14. The maximum atomic E-state index is 12.6. The number of carbonyl (C=O) groups is 1. The van der Waals surface area contributed by atoms with Gasteiger partial charge in [-0.05, 0) is 18.6 Å². The summed E-state index contributed by atoms with van der Waals surface area (Å²) in [5.41, 5.74) is -0.380. The minimum atomic E-state index is -1.20. The molecule has 1 aromatic carbocycles. The first kappa shape index (κ1) is 18.4. The molecule has 0 unspecified atom stereocenters. The van der Waals surface area contributed by atoms with E-state index >= 15 is 0 Å². The van der Waals surface area contributed by atoms with Crippen LogP contribution in [0.5, 0.6) is 5.75 Å². The third-order valence-corrected chi connectivity index (χ3v) is 4.43. The molecule has 24 heavy (non-hydrogen) atoms. The first-order chi connectivity index (χ1) is 11.3. The van der Waals surface area contributed by atoms with E-state index in [0.29, 0.717) is 23.1 Å². The van der Waals surface area contributed by atoms with E-state index in [0.717, 1.165) is 17.7 Å². The summed E-state index contributed by atoms with van der Waals surface area (Å²) < 4.78 is 7.06. The largest absolute Gasteiger partial charge is 0.489 e.